The largest absolute Gasteiger partial charge is 0.384 e. The fourth-order valence-electron chi connectivity index (χ4n) is 2.69. The number of methoxy groups -OCH3 is 1. The van der Waals surface area contributed by atoms with Gasteiger partial charge < -0.3 is 9.64 Å². The highest BCUT2D eigenvalue weighted by atomic mass is 32.1. The van der Waals surface area contributed by atoms with Crippen LogP contribution in [-0.2, 0) is 9.53 Å². The van der Waals surface area contributed by atoms with Gasteiger partial charge in [0.05, 0.1) is 12.5 Å². The summed E-state index contributed by atoms with van der Waals surface area (Å²) >= 11 is 1.74. The first-order chi connectivity index (χ1) is 9.63. The van der Waals surface area contributed by atoms with Crippen molar-refractivity contribution in [2.45, 2.75) is 19.9 Å². The molecule has 0 radical (unpaired) electrons. The third-order valence-corrected chi connectivity index (χ3v) is 4.74. The first-order valence-corrected chi connectivity index (χ1v) is 8.11. The van der Waals surface area contributed by atoms with E-state index >= 15 is 0 Å². The average Bonchev–Trinajstić information content (AvgIpc) is 3.00. The molecule has 2 rings (SSSR count). The minimum Gasteiger partial charge on any atom is -0.384 e. The van der Waals surface area contributed by atoms with E-state index in [0.717, 1.165) is 26.2 Å². The van der Waals surface area contributed by atoms with Crippen molar-refractivity contribution in [3.05, 3.63) is 22.4 Å². The van der Waals surface area contributed by atoms with Gasteiger partial charge in [-0.05, 0) is 29.3 Å². The highest BCUT2D eigenvalue weighted by Crippen LogP contribution is 2.23. The van der Waals surface area contributed by atoms with Crippen molar-refractivity contribution in [3.63, 3.8) is 0 Å². The molecule has 20 heavy (non-hydrogen) atoms. The van der Waals surface area contributed by atoms with Crippen LogP contribution in [0.3, 0.4) is 0 Å². The Labute approximate surface area is 125 Å². The molecular weight excluding hydrogens is 272 g/mol. The van der Waals surface area contributed by atoms with E-state index in [4.69, 9.17) is 4.74 Å². The molecule has 1 saturated heterocycles. The first kappa shape index (κ1) is 15.5. The quantitative estimate of drug-likeness (QED) is 0.835. The Kier molecular flexibility index (Phi) is 5.57. The molecule has 112 valence electrons. The van der Waals surface area contributed by atoms with E-state index < -0.39 is 0 Å². The lowest BCUT2D eigenvalue weighted by Crippen LogP contribution is -2.50. The maximum Gasteiger partial charge on any atom is 0.227 e. The van der Waals surface area contributed by atoms with Gasteiger partial charge in [0.15, 0.2) is 0 Å². The highest BCUT2D eigenvalue weighted by molar-refractivity contribution is 7.07. The molecule has 0 spiro atoms. The van der Waals surface area contributed by atoms with Crippen molar-refractivity contribution in [1.82, 2.24) is 9.80 Å². The van der Waals surface area contributed by atoms with E-state index in [-0.39, 0.29) is 11.8 Å². The first-order valence-electron chi connectivity index (χ1n) is 7.17. The topological polar surface area (TPSA) is 32.8 Å². The fourth-order valence-corrected chi connectivity index (χ4v) is 3.43. The third-order valence-electron chi connectivity index (χ3n) is 4.04. The molecule has 1 aliphatic heterocycles. The zero-order chi connectivity index (χ0) is 14.5. The van der Waals surface area contributed by atoms with Gasteiger partial charge in [0, 0.05) is 39.3 Å². The summed E-state index contributed by atoms with van der Waals surface area (Å²) in [5, 5.41) is 4.33. The maximum absolute atomic E-state index is 12.2. The van der Waals surface area contributed by atoms with E-state index in [1.54, 1.807) is 18.4 Å². The normalized spacial score (nSPS) is 19.9. The summed E-state index contributed by atoms with van der Waals surface area (Å²) < 4.78 is 5.07. The van der Waals surface area contributed by atoms with Crippen LogP contribution in [0.15, 0.2) is 16.8 Å². The van der Waals surface area contributed by atoms with Crippen LogP contribution in [0.25, 0.3) is 0 Å². The van der Waals surface area contributed by atoms with Crippen LogP contribution < -0.4 is 0 Å². The predicted octanol–water partition coefficient (Wildman–Crippen LogP) is 2.24. The Morgan fingerprint density at radius 2 is 2.05 bits per heavy atom. The molecule has 2 atom stereocenters. The number of rotatable bonds is 5. The second-order valence-electron chi connectivity index (χ2n) is 5.45. The summed E-state index contributed by atoms with van der Waals surface area (Å²) in [4.78, 5) is 16.6. The van der Waals surface area contributed by atoms with E-state index in [1.165, 1.54) is 5.56 Å². The zero-order valence-corrected chi connectivity index (χ0v) is 13.4. The van der Waals surface area contributed by atoms with Gasteiger partial charge in [0.25, 0.3) is 0 Å². The molecule has 1 amide bonds. The van der Waals surface area contributed by atoms with Gasteiger partial charge in [-0.2, -0.15) is 11.3 Å². The molecule has 0 aliphatic carbocycles. The Morgan fingerprint density at radius 3 is 2.60 bits per heavy atom. The van der Waals surface area contributed by atoms with Crippen LogP contribution in [-0.4, -0.2) is 55.6 Å². The van der Waals surface area contributed by atoms with Gasteiger partial charge in [-0.25, -0.2) is 0 Å². The van der Waals surface area contributed by atoms with E-state index in [2.05, 4.69) is 28.7 Å². The predicted molar refractivity (Wildman–Crippen MR) is 81.9 cm³/mol. The number of hydrogen-bond acceptors (Lipinski definition) is 4. The number of carbonyl (C=O) groups excluding carboxylic acids is 1. The molecule has 0 N–H and O–H groups in total. The minimum atomic E-state index is -0.0409. The van der Waals surface area contributed by atoms with Gasteiger partial charge >= 0.3 is 0 Å². The van der Waals surface area contributed by atoms with Crippen LogP contribution >= 0.6 is 11.3 Å². The van der Waals surface area contributed by atoms with Crippen LogP contribution in [0.5, 0.6) is 0 Å². The Morgan fingerprint density at radius 1 is 1.35 bits per heavy atom. The molecule has 2 heterocycles. The molecule has 4 nitrogen and oxygen atoms in total. The molecule has 1 aliphatic rings. The van der Waals surface area contributed by atoms with Gasteiger partial charge in [0.2, 0.25) is 5.91 Å². The fraction of sp³-hybridized carbons (Fsp3) is 0.667. The molecule has 0 bridgehead atoms. The Hall–Kier alpha value is -0.910. The standard InChI is InChI=1S/C15H24N2O2S/c1-12(10-19-3)15(18)17-7-5-16(6-8-17)13(2)14-4-9-20-11-14/h4,9,11-13H,5-8,10H2,1-3H3/t12-,13+/m0/s1. The van der Waals surface area contributed by atoms with Crippen molar-refractivity contribution < 1.29 is 9.53 Å². The summed E-state index contributed by atoms with van der Waals surface area (Å²) in [7, 11) is 1.64. The van der Waals surface area contributed by atoms with Crippen LogP contribution in [0, 0.1) is 5.92 Å². The van der Waals surface area contributed by atoms with E-state index in [9.17, 15) is 4.79 Å². The van der Waals surface area contributed by atoms with Gasteiger partial charge in [-0.15, -0.1) is 0 Å². The van der Waals surface area contributed by atoms with E-state index in [1.807, 2.05) is 11.8 Å². The number of amides is 1. The van der Waals surface area contributed by atoms with E-state index in [0.29, 0.717) is 12.6 Å². The second kappa shape index (κ2) is 7.20. The third kappa shape index (κ3) is 3.59. The van der Waals surface area contributed by atoms with Gasteiger partial charge in [-0.3, -0.25) is 9.69 Å². The van der Waals surface area contributed by atoms with Crippen molar-refractivity contribution in [3.8, 4) is 0 Å². The minimum absolute atomic E-state index is 0.0409. The number of piperazine rings is 1. The lowest BCUT2D eigenvalue weighted by atomic mass is 10.1. The number of ether oxygens (including phenoxy) is 1. The van der Waals surface area contributed by atoms with Gasteiger partial charge in [0.1, 0.15) is 0 Å². The smallest absolute Gasteiger partial charge is 0.227 e. The monoisotopic (exact) mass is 296 g/mol. The second-order valence-corrected chi connectivity index (χ2v) is 6.23. The Bertz CT molecular complexity index is 414. The van der Waals surface area contributed by atoms with Crippen molar-refractivity contribution in [2.24, 2.45) is 5.92 Å². The zero-order valence-electron chi connectivity index (χ0n) is 12.5. The molecule has 1 aromatic heterocycles. The molecule has 1 aromatic rings. The molecule has 5 heteroatoms. The van der Waals surface area contributed by atoms with Gasteiger partial charge in [-0.1, -0.05) is 6.92 Å². The summed E-state index contributed by atoms with van der Waals surface area (Å²) in [6, 6.07) is 2.63. The number of carbonyl (C=O) groups is 1. The number of hydrogen-bond donors (Lipinski definition) is 0. The summed E-state index contributed by atoms with van der Waals surface area (Å²) in [5.41, 5.74) is 1.38. The lowest BCUT2D eigenvalue weighted by molar-refractivity contribution is -0.138. The van der Waals surface area contributed by atoms with Crippen molar-refractivity contribution >= 4 is 17.2 Å². The summed E-state index contributed by atoms with van der Waals surface area (Å²) in [6.07, 6.45) is 0. The molecule has 0 aromatic carbocycles. The lowest BCUT2D eigenvalue weighted by Gasteiger charge is -2.38. The maximum atomic E-state index is 12.2. The van der Waals surface area contributed by atoms with Crippen LogP contribution in [0.1, 0.15) is 25.5 Å². The number of thiophene rings is 1. The summed E-state index contributed by atoms with van der Waals surface area (Å²) in [5.74, 6) is 0.176. The number of nitrogens with zero attached hydrogens (tertiary/aromatic N) is 2. The van der Waals surface area contributed by atoms with Crippen LogP contribution in [0.4, 0.5) is 0 Å². The molecule has 0 unspecified atom stereocenters. The Balaban J connectivity index is 1.84. The van der Waals surface area contributed by atoms with Crippen molar-refractivity contribution in [2.75, 3.05) is 39.9 Å². The molecule has 0 saturated carbocycles. The van der Waals surface area contributed by atoms with Crippen molar-refractivity contribution in [1.29, 1.82) is 0 Å². The van der Waals surface area contributed by atoms with Crippen LogP contribution in [0.2, 0.25) is 0 Å². The molecule has 1 fully saturated rings. The summed E-state index contributed by atoms with van der Waals surface area (Å²) in [6.45, 7) is 8.22. The highest BCUT2D eigenvalue weighted by Gasteiger charge is 2.27. The molecular formula is C15H24N2O2S. The average molecular weight is 296 g/mol. The SMILES string of the molecule is COC[C@H](C)C(=O)N1CCN([C@H](C)c2ccsc2)CC1.